The van der Waals surface area contributed by atoms with Crippen LogP contribution in [0.2, 0.25) is 0 Å². The highest BCUT2D eigenvalue weighted by Gasteiger charge is 2.14. The van der Waals surface area contributed by atoms with E-state index in [9.17, 15) is 4.79 Å². The molecule has 0 aliphatic carbocycles. The molecule has 0 saturated carbocycles. The Balaban J connectivity index is 2.24. The molecule has 0 spiro atoms. The van der Waals surface area contributed by atoms with Crippen LogP contribution in [0.1, 0.15) is 17.3 Å². The fourth-order valence-corrected chi connectivity index (χ4v) is 3.77. The molecule has 6 heteroatoms. The molecule has 0 aliphatic heterocycles. The van der Waals surface area contributed by atoms with Crippen LogP contribution in [0, 0.1) is 7.14 Å². The smallest absolute Gasteiger partial charge is 0.337 e. The van der Waals surface area contributed by atoms with E-state index >= 15 is 0 Å². The molecular weight excluding hydrogens is 510 g/mol. The Morgan fingerprint density at radius 1 is 1.05 bits per heavy atom. The lowest BCUT2D eigenvalue weighted by Gasteiger charge is -2.12. The molecule has 0 aromatic heterocycles. The van der Waals surface area contributed by atoms with E-state index in [-0.39, 0.29) is 5.97 Å². The maximum Gasteiger partial charge on any atom is 0.337 e. The minimum atomic E-state index is -0.358. The maximum absolute atomic E-state index is 11.6. The summed E-state index contributed by atoms with van der Waals surface area (Å²) in [5, 5.41) is 0. The van der Waals surface area contributed by atoms with E-state index in [1.54, 1.807) is 12.1 Å². The zero-order chi connectivity index (χ0) is 16.1. The third kappa shape index (κ3) is 4.25. The first-order chi connectivity index (χ1) is 10.5. The van der Waals surface area contributed by atoms with Crippen LogP contribution in [-0.2, 0) is 4.74 Å². The van der Waals surface area contributed by atoms with Crippen molar-refractivity contribution < 1.29 is 19.0 Å². The SMILES string of the molecule is CCOc1ccc(Oc2c(I)cc(C(=O)OC)cc2I)cc1. The first-order valence-corrected chi connectivity index (χ1v) is 8.69. The topological polar surface area (TPSA) is 44.8 Å². The van der Waals surface area contributed by atoms with Gasteiger partial charge in [-0.1, -0.05) is 0 Å². The van der Waals surface area contributed by atoms with Gasteiger partial charge in [-0.25, -0.2) is 4.79 Å². The van der Waals surface area contributed by atoms with Gasteiger partial charge in [0.25, 0.3) is 0 Å². The van der Waals surface area contributed by atoms with Crippen molar-refractivity contribution in [3.8, 4) is 17.2 Å². The monoisotopic (exact) mass is 524 g/mol. The number of rotatable bonds is 5. The number of ether oxygens (including phenoxy) is 3. The van der Waals surface area contributed by atoms with Gasteiger partial charge in [-0.05, 0) is 88.5 Å². The van der Waals surface area contributed by atoms with Gasteiger partial charge in [-0.15, -0.1) is 0 Å². The summed E-state index contributed by atoms with van der Waals surface area (Å²) in [7, 11) is 1.37. The van der Waals surface area contributed by atoms with E-state index in [0.29, 0.717) is 17.9 Å². The molecule has 22 heavy (non-hydrogen) atoms. The van der Waals surface area contributed by atoms with E-state index in [1.807, 2.05) is 31.2 Å². The number of hydrogen-bond acceptors (Lipinski definition) is 4. The lowest BCUT2D eigenvalue weighted by molar-refractivity contribution is 0.0600. The van der Waals surface area contributed by atoms with Gasteiger partial charge in [-0.2, -0.15) is 0 Å². The Kier molecular flexibility index (Phi) is 6.30. The molecule has 2 rings (SSSR count). The Bertz CT molecular complexity index is 645. The van der Waals surface area contributed by atoms with Crippen molar-refractivity contribution in [2.75, 3.05) is 13.7 Å². The molecule has 0 amide bonds. The zero-order valence-electron chi connectivity index (χ0n) is 12.1. The second kappa shape index (κ2) is 8.00. The second-order valence-corrected chi connectivity index (χ2v) is 6.59. The normalized spacial score (nSPS) is 10.2. The van der Waals surface area contributed by atoms with Crippen LogP contribution in [0.15, 0.2) is 36.4 Å². The number of halogens is 2. The molecular formula is C16H14I2O4. The van der Waals surface area contributed by atoms with Gasteiger partial charge in [0.05, 0.1) is 26.4 Å². The van der Waals surface area contributed by atoms with Crippen molar-refractivity contribution in [3.05, 3.63) is 49.1 Å². The molecule has 0 aliphatic rings. The summed E-state index contributed by atoms with van der Waals surface area (Å²) in [6.07, 6.45) is 0. The molecule has 0 atom stereocenters. The van der Waals surface area contributed by atoms with Crippen molar-refractivity contribution in [1.82, 2.24) is 0 Å². The first kappa shape index (κ1) is 17.3. The number of carbonyl (C=O) groups is 1. The van der Waals surface area contributed by atoms with Crippen molar-refractivity contribution in [3.63, 3.8) is 0 Å². The summed E-state index contributed by atoms with van der Waals surface area (Å²) in [5.41, 5.74) is 0.510. The van der Waals surface area contributed by atoms with Crippen LogP contribution < -0.4 is 9.47 Å². The van der Waals surface area contributed by atoms with Crippen molar-refractivity contribution >= 4 is 51.2 Å². The average Bonchev–Trinajstić information content (AvgIpc) is 2.51. The first-order valence-electron chi connectivity index (χ1n) is 6.53. The van der Waals surface area contributed by atoms with Gasteiger partial charge < -0.3 is 14.2 Å². The predicted molar refractivity (Wildman–Crippen MR) is 101 cm³/mol. The van der Waals surface area contributed by atoms with E-state index in [4.69, 9.17) is 14.2 Å². The van der Waals surface area contributed by atoms with Crippen LogP contribution in [-0.4, -0.2) is 19.7 Å². The molecule has 0 bridgehead atoms. The van der Waals surface area contributed by atoms with Crippen molar-refractivity contribution in [1.29, 1.82) is 0 Å². The fraction of sp³-hybridized carbons (Fsp3) is 0.188. The standard InChI is InChI=1S/C16H14I2O4/c1-3-21-11-4-6-12(7-5-11)22-15-13(17)8-10(9-14(15)18)16(19)20-2/h4-9H,3H2,1-2H3. The summed E-state index contributed by atoms with van der Waals surface area (Å²) in [6, 6.07) is 10.9. The molecule has 0 unspecified atom stereocenters. The molecule has 0 N–H and O–H groups in total. The second-order valence-electron chi connectivity index (χ2n) is 4.27. The minimum absolute atomic E-state index is 0.358. The Hall–Kier alpha value is -1.03. The van der Waals surface area contributed by atoms with E-state index in [1.165, 1.54) is 7.11 Å². The number of methoxy groups -OCH3 is 1. The number of hydrogen-bond donors (Lipinski definition) is 0. The Morgan fingerprint density at radius 2 is 1.59 bits per heavy atom. The van der Waals surface area contributed by atoms with Crippen LogP contribution in [0.5, 0.6) is 17.2 Å². The third-order valence-electron chi connectivity index (χ3n) is 2.77. The largest absolute Gasteiger partial charge is 0.494 e. The van der Waals surface area contributed by atoms with Crippen molar-refractivity contribution in [2.24, 2.45) is 0 Å². The molecule has 116 valence electrons. The van der Waals surface area contributed by atoms with Gasteiger partial charge >= 0.3 is 5.97 Å². The van der Waals surface area contributed by atoms with Gasteiger partial charge in [0, 0.05) is 0 Å². The average molecular weight is 524 g/mol. The van der Waals surface area contributed by atoms with Gasteiger partial charge in [0.15, 0.2) is 5.75 Å². The summed E-state index contributed by atoms with van der Waals surface area (Å²) < 4.78 is 17.8. The third-order valence-corrected chi connectivity index (χ3v) is 4.38. The predicted octanol–water partition coefficient (Wildman–Crippen LogP) is 4.87. The zero-order valence-corrected chi connectivity index (χ0v) is 16.4. The molecule has 0 heterocycles. The fourth-order valence-electron chi connectivity index (χ4n) is 1.78. The highest BCUT2D eigenvalue weighted by Crippen LogP contribution is 2.33. The number of carbonyl (C=O) groups excluding carboxylic acids is 1. The van der Waals surface area contributed by atoms with Gasteiger partial charge in [0.1, 0.15) is 11.5 Å². The molecule has 0 fully saturated rings. The van der Waals surface area contributed by atoms with E-state index in [2.05, 4.69) is 45.2 Å². The van der Waals surface area contributed by atoms with Crippen LogP contribution >= 0.6 is 45.2 Å². The summed E-state index contributed by atoms with van der Waals surface area (Å²) in [5.74, 6) is 1.88. The molecule has 2 aromatic rings. The summed E-state index contributed by atoms with van der Waals surface area (Å²) >= 11 is 4.29. The molecule has 0 radical (unpaired) electrons. The van der Waals surface area contributed by atoms with Crippen LogP contribution in [0.3, 0.4) is 0 Å². The van der Waals surface area contributed by atoms with Crippen LogP contribution in [0.25, 0.3) is 0 Å². The Morgan fingerprint density at radius 3 is 2.09 bits per heavy atom. The number of esters is 1. The molecule has 4 nitrogen and oxygen atoms in total. The summed E-state index contributed by atoms with van der Waals surface area (Å²) in [6.45, 7) is 2.57. The molecule has 0 saturated heterocycles. The van der Waals surface area contributed by atoms with E-state index in [0.717, 1.165) is 18.6 Å². The highest BCUT2D eigenvalue weighted by atomic mass is 127. The molecule has 2 aromatic carbocycles. The van der Waals surface area contributed by atoms with Crippen LogP contribution in [0.4, 0.5) is 0 Å². The van der Waals surface area contributed by atoms with Crippen molar-refractivity contribution in [2.45, 2.75) is 6.92 Å². The highest BCUT2D eigenvalue weighted by molar-refractivity contribution is 14.1. The minimum Gasteiger partial charge on any atom is -0.494 e. The summed E-state index contributed by atoms with van der Waals surface area (Å²) in [4.78, 5) is 11.6. The van der Waals surface area contributed by atoms with Gasteiger partial charge in [0.2, 0.25) is 0 Å². The Labute approximate surface area is 156 Å². The number of benzene rings is 2. The quantitative estimate of drug-likeness (QED) is 0.414. The van der Waals surface area contributed by atoms with E-state index < -0.39 is 0 Å². The lowest BCUT2D eigenvalue weighted by Crippen LogP contribution is -2.03. The van der Waals surface area contributed by atoms with Gasteiger partial charge in [-0.3, -0.25) is 0 Å². The lowest BCUT2D eigenvalue weighted by atomic mass is 10.2. The maximum atomic E-state index is 11.6.